The minimum absolute atomic E-state index is 0.104. The Hall–Kier alpha value is -3.01. The number of para-hydroxylation sites is 3. The van der Waals surface area contributed by atoms with E-state index >= 15 is 0 Å². The first kappa shape index (κ1) is 18.8. The van der Waals surface area contributed by atoms with Crippen molar-refractivity contribution in [1.29, 1.82) is 0 Å². The monoisotopic (exact) mass is 391 g/mol. The molecule has 0 spiro atoms. The number of carbonyl (C=O) groups is 1. The lowest BCUT2D eigenvalue weighted by molar-refractivity contribution is -0.115. The van der Waals surface area contributed by atoms with Crippen LogP contribution in [0.1, 0.15) is 6.92 Å². The van der Waals surface area contributed by atoms with E-state index in [0.717, 1.165) is 17.4 Å². The number of amides is 1. The summed E-state index contributed by atoms with van der Waals surface area (Å²) in [7, 11) is 0. The number of hydrogen-bond donors (Lipinski definition) is 1. The second-order valence-electron chi connectivity index (χ2n) is 5.33. The number of ether oxygens (including phenoxy) is 1. The molecule has 1 aromatic heterocycles. The van der Waals surface area contributed by atoms with Gasteiger partial charge in [-0.3, -0.25) is 4.79 Å². The molecule has 0 saturated heterocycles. The van der Waals surface area contributed by atoms with Crippen molar-refractivity contribution in [3.8, 4) is 11.4 Å². The maximum atomic E-state index is 12.5. The predicted octanol–water partition coefficient (Wildman–Crippen LogP) is 3.38. The van der Waals surface area contributed by atoms with E-state index < -0.39 is 17.8 Å². The van der Waals surface area contributed by atoms with Crippen molar-refractivity contribution >= 4 is 23.4 Å². The summed E-state index contributed by atoms with van der Waals surface area (Å²) in [6.45, 7) is -1.31. The summed E-state index contributed by atoms with van der Waals surface area (Å²) in [5.74, 6) is -0.500. The molecule has 2 aromatic carbocycles. The number of anilines is 1. The molecule has 1 heterocycles. The molecule has 0 aliphatic rings. The van der Waals surface area contributed by atoms with Gasteiger partial charge in [0.05, 0.1) is 16.6 Å². The molecule has 0 fully saturated rings. The van der Waals surface area contributed by atoms with Crippen LogP contribution in [0.2, 0.25) is 0 Å². The predicted molar refractivity (Wildman–Crippen MR) is 96.2 cm³/mol. The van der Waals surface area contributed by atoms with Crippen molar-refractivity contribution in [2.24, 2.45) is 0 Å². The SMILES string of the molecule is C[C@H](Sc1nnnn1-c1ccccc1)C(=O)Nc1ccccc1OC(F)F. The molecule has 0 radical (unpaired) electrons. The van der Waals surface area contributed by atoms with E-state index in [2.05, 4.69) is 25.6 Å². The van der Waals surface area contributed by atoms with Gasteiger partial charge in [0.2, 0.25) is 11.1 Å². The summed E-state index contributed by atoms with van der Waals surface area (Å²) in [5, 5.41) is 14.0. The first-order valence-electron chi connectivity index (χ1n) is 7.90. The second kappa shape index (κ2) is 8.58. The lowest BCUT2D eigenvalue weighted by Gasteiger charge is -2.14. The molecule has 1 N–H and O–H groups in total. The molecule has 0 unspecified atom stereocenters. The Balaban J connectivity index is 1.70. The van der Waals surface area contributed by atoms with Gasteiger partial charge < -0.3 is 10.1 Å². The largest absolute Gasteiger partial charge is 0.433 e. The molecule has 0 aliphatic heterocycles. The van der Waals surface area contributed by atoms with Gasteiger partial charge >= 0.3 is 6.61 Å². The zero-order valence-electron chi connectivity index (χ0n) is 14.1. The van der Waals surface area contributed by atoms with Gasteiger partial charge in [-0.05, 0) is 41.6 Å². The summed E-state index contributed by atoms with van der Waals surface area (Å²) >= 11 is 1.14. The van der Waals surface area contributed by atoms with Crippen LogP contribution in [0.4, 0.5) is 14.5 Å². The van der Waals surface area contributed by atoms with E-state index in [4.69, 9.17) is 0 Å². The number of thioether (sulfide) groups is 1. The number of benzene rings is 2. The third-order valence-electron chi connectivity index (χ3n) is 3.45. The number of rotatable bonds is 7. The Morgan fingerprint density at radius 2 is 1.85 bits per heavy atom. The highest BCUT2D eigenvalue weighted by atomic mass is 32.2. The molecule has 0 bridgehead atoms. The smallest absolute Gasteiger partial charge is 0.387 e. The average Bonchev–Trinajstić information content (AvgIpc) is 3.11. The van der Waals surface area contributed by atoms with Crippen LogP contribution >= 0.6 is 11.8 Å². The first-order chi connectivity index (χ1) is 13.0. The molecule has 0 aliphatic carbocycles. The maximum absolute atomic E-state index is 12.5. The van der Waals surface area contributed by atoms with Crippen molar-refractivity contribution < 1.29 is 18.3 Å². The average molecular weight is 391 g/mol. The summed E-state index contributed by atoms with van der Waals surface area (Å²) in [4.78, 5) is 12.5. The topological polar surface area (TPSA) is 81.9 Å². The molecule has 1 amide bonds. The zero-order chi connectivity index (χ0) is 19.2. The van der Waals surface area contributed by atoms with E-state index in [9.17, 15) is 13.6 Å². The standard InChI is InChI=1S/C17H15F2N5O2S/c1-11(15(25)20-13-9-5-6-10-14(13)26-16(18)19)27-17-21-22-23-24(17)12-7-3-2-4-8-12/h2-11,16H,1H3,(H,20,25)/t11-/m0/s1. The molecule has 10 heteroatoms. The number of hydrogen-bond acceptors (Lipinski definition) is 6. The summed E-state index contributed by atoms with van der Waals surface area (Å²) in [5.41, 5.74) is 0.922. The van der Waals surface area contributed by atoms with Crippen LogP contribution in [0.15, 0.2) is 59.8 Å². The quantitative estimate of drug-likeness (QED) is 0.622. The highest BCUT2D eigenvalue weighted by Gasteiger charge is 2.21. The van der Waals surface area contributed by atoms with Gasteiger partial charge in [-0.25, -0.2) is 0 Å². The first-order valence-corrected chi connectivity index (χ1v) is 8.77. The normalized spacial score (nSPS) is 12.0. The number of aromatic nitrogens is 4. The van der Waals surface area contributed by atoms with Crippen LogP contribution in [0.25, 0.3) is 5.69 Å². The van der Waals surface area contributed by atoms with Gasteiger partial charge in [0.1, 0.15) is 5.75 Å². The van der Waals surface area contributed by atoms with Crippen molar-refractivity contribution in [3.63, 3.8) is 0 Å². The van der Waals surface area contributed by atoms with E-state index in [1.807, 2.05) is 30.3 Å². The maximum Gasteiger partial charge on any atom is 0.387 e. The highest BCUT2D eigenvalue weighted by Crippen LogP contribution is 2.28. The summed E-state index contributed by atoms with van der Waals surface area (Å²) in [6, 6.07) is 15.2. The lowest BCUT2D eigenvalue weighted by atomic mass is 10.3. The molecule has 3 rings (SSSR count). The number of carbonyl (C=O) groups excluding carboxylic acids is 1. The van der Waals surface area contributed by atoms with Gasteiger partial charge in [-0.2, -0.15) is 13.5 Å². The summed E-state index contributed by atoms with van der Waals surface area (Å²) < 4.78 is 30.9. The fourth-order valence-electron chi connectivity index (χ4n) is 2.20. The zero-order valence-corrected chi connectivity index (χ0v) is 14.9. The Morgan fingerprint density at radius 1 is 1.15 bits per heavy atom. The number of nitrogens with one attached hydrogen (secondary N) is 1. The van der Waals surface area contributed by atoms with Crippen molar-refractivity contribution in [2.45, 2.75) is 23.9 Å². The number of nitrogens with zero attached hydrogens (tertiary/aromatic N) is 4. The van der Waals surface area contributed by atoms with Gasteiger partial charge in [0.15, 0.2) is 0 Å². The molecule has 27 heavy (non-hydrogen) atoms. The van der Waals surface area contributed by atoms with Gasteiger partial charge in [0, 0.05) is 0 Å². The third kappa shape index (κ3) is 4.79. The van der Waals surface area contributed by atoms with E-state index in [0.29, 0.717) is 5.16 Å². The molecular weight excluding hydrogens is 376 g/mol. The lowest BCUT2D eigenvalue weighted by Crippen LogP contribution is -2.23. The molecule has 7 nitrogen and oxygen atoms in total. The molecule has 1 atom stereocenters. The number of halogens is 2. The fraction of sp³-hybridized carbons (Fsp3) is 0.176. The fourth-order valence-corrected chi connectivity index (χ4v) is 3.01. The number of alkyl halides is 2. The Kier molecular flexibility index (Phi) is 5.97. The minimum atomic E-state index is -2.98. The van der Waals surface area contributed by atoms with Crippen molar-refractivity contribution in [3.05, 3.63) is 54.6 Å². The molecule has 3 aromatic rings. The van der Waals surface area contributed by atoms with Crippen LogP contribution in [-0.4, -0.2) is 38.0 Å². The number of tetrazole rings is 1. The Bertz CT molecular complexity index is 907. The second-order valence-corrected chi connectivity index (χ2v) is 6.64. The van der Waals surface area contributed by atoms with Crippen LogP contribution in [0.5, 0.6) is 5.75 Å². The van der Waals surface area contributed by atoms with Crippen LogP contribution < -0.4 is 10.1 Å². The van der Waals surface area contributed by atoms with E-state index in [1.54, 1.807) is 19.1 Å². The van der Waals surface area contributed by atoms with Crippen molar-refractivity contribution in [1.82, 2.24) is 20.2 Å². The van der Waals surface area contributed by atoms with Crippen LogP contribution in [0, 0.1) is 0 Å². The Morgan fingerprint density at radius 3 is 2.59 bits per heavy atom. The van der Waals surface area contributed by atoms with Crippen LogP contribution in [-0.2, 0) is 4.79 Å². The van der Waals surface area contributed by atoms with Gasteiger partial charge in [-0.1, -0.05) is 42.1 Å². The summed E-state index contributed by atoms with van der Waals surface area (Å²) in [6.07, 6.45) is 0. The van der Waals surface area contributed by atoms with E-state index in [1.165, 1.54) is 16.8 Å². The minimum Gasteiger partial charge on any atom is -0.433 e. The molecular formula is C17H15F2N5O2S. The van der Waals surface area contributed by atoms with Gasteiger partial charge in [-0.15, -0.1) is 5.10 Å². The third-order valence-corrected chi connectivity index (χ3v) is 4.49. The highest BCUT2D eigenvalue weighted by molar-refractivity contribution is 8.00. The molecule has 140 valence electrons. The Labute approximate surface area is 157 Å². The molecule has 0 saturated carbocycles. The van der Waals surface area contributed by atoms with Crippen molar-refractivity contribution in [2.75, 3.05) is 5.32 Å². The van der Waals surface area contributed by atoms with Crippen LogP contribution in [0.3, 0.4) is 0 Å². The van der Waals surface area contributed by atoms with Gasteiger partial charge in [0.25, 0.3) is 0 Å². The van der Waals surface area contributed by atoms with E-state index in [-0.39, 0.29) is 11.4 Å².